The maximum atomic E-state index is 10.6. The lowest BCUT2D eigenvalue weighted by atomic mass is 9.47. The summed E-state index contributed by atoms with van der Waals surface area (Å²) in [6.45, 7) is 7.13. The van der Waals surface area contributed by atoms with Crippen LogP contribution in [0.15, 0.2) is 21.3 Å². The van der Waals surface area contributed by atoms with Gasteiger partial charge in [0.25, 0.3) is 0 Å². The fourth-order valence-electron chi connectivity index (χ4n) is 7.32. The van der Waals surface area contributed by atoms with Crippen LogP contribution in [0.25, 0.3) is 0 Å². The monoisotopic (exact) mass is 413 g/mol. The quantitative estimate of drug-likeness (QED) is 0.575. The normalized spacial score (nSPS) is 41.7. The third-order valence-electron chi connectivity index (χ3n) is 9.09. The first-order chi connectivity index (χ1) is 14.4. The summed E-state index contributed by atoms with van der Waals surface area (Å²) < 4.78 is 5.12. The van der Waals surface area contributed by atoms with Crippen molar-refractivity contribution in [1.82, 2.24) is 10.1 Å². The smallest absolute Gasteiger partial charge is 0.230 e. The van der Waals surface area contributed by atoms with Crippen molar-refractivity contribution < 1.29 is 14.5 Å². The van der Waals surface area contributed by atoms with Crippen LogP contribution in [-0.2, 0) is 11.3 Å². The summed E-state index contributed by atoms with van der Waals surface area (Å²) in [5.41, 5.74) is 3.09. The Bertz CT molecular complexity index is 862. The highest BCUT2D eigenvalue weighted by Gasteiger charge is 2.58. The van der Waals surface area contributed by atoms with Gasteiger partial charge >= 0.3 is 0 Å². The van der Waals surface area contributed by atoms with E-state index in [0.29, 0.717) is 30.7 Å². The van der Waals surface area contributed by atoms with Crippen LogP contribution in [0, 0.1) is 35.5 Å². The molecule has 30 heavy (non-hydrogen) atoms. The molecular formula is C24H35N3O3. The molecule has 0 aromatic carbocycles. The second-order valence-electron chi connectivity index (χ2n) is 10.5. The Labute approximate surface area is 179 Å². The molecule has 3 fully saturated rings. The number of aliphatic hydroxyl groups excluding tert-OH is 1. The SMILES string of the molecule is Cc1noc(CCON=C2C=C3CCC4C(CC[C@@]5(C)C4CC[C@@H]5O)[C@@]3(C)CC2)n1. The number of aryl methyl sites for hydroxylation is 1. The summed E-state index contributed by atoms with van der Waals surface area (Å²) in [5.74, 6) is 3.48. The van der Waals surface area contributed by atoms with E-state index in [1.807, 2.05) is 6.92 Å². The summed E-state index contributed by atoms with van der Waals surface area (Å²) >= 11 is 0. The topological polar surface area (TPSA) is 80.7 Å². The van der Waals surface area contributed by atoms with E-state index in [-0.39, 0.29) is 16.9 Å². The Morgan fingerprint density at radius 1 is 1.17 bits per heavy atom. The Kier molecular flexibility index (Phi) is 5.04. The lowest BCUT2D eigenvalue weighted by molar-refractivity contribution is -0.0722. The van der Waals surface area contributed by atoms with Gasteiger partial charge in [-0.1, -0.05) is 29.7 Å². The molecule has 0 aliphatic heterocycles. The number of fused-ring (bicyclic) bond motifs is 5. The van der Waals surface area contributed by atoms with E-state index in [0.717, 1.165) is 36.8 Å². The second kappa shape index (κ2) is 7.47. The van der Waals surface area contributed by atoms with Crippen LogP contribution in [0.1, 0.15) is 76.9 Å². The van der Waals surface area contributed by atoms with Crippen molar-refractivity contribution in [2.24, 2.45) is 33.7 Å². The third kappa shape index (κ3) is 3.22. The Balaban J connectivity index is 1.26. The van der Waals surface area contributed by atoms with Crippen LogP contribution in [-0.4, -0.2) is 33.7 Å². The summed E-state index contributed by atoms with van der Waals surface area (Å²) in [6.07, 6.45) is 12.1. The van der Waals surface area contributed by atoms with Crippen molar-refractivity contribution in [3.63, 3.8) is 0 Å². The minimum absolute atomic E-state index is 0.0912. The number of nitrogens with zero attached hydrogens (tertiary/aromatic N) is 3. The van der Waals surface area contributed by atoms with E-state index < -0.39 is 0 Å². The van der Waals surface area contributed by atoms with Gasteiger partial charge in [-0.2, -0.15) is 4.98 Å². The van der Waals surface area contributed by atoms with Crippen molar-refractivity contribution >= 4 is 5.71 Å². The summed E-state index contributed by atoms with van der Waals surface area (Å²) in [5, 5.41) is 18.8. The molecule has 6 heteroatoms. The van der Waals surface area contributed by atoms with Crippen molar-refractivity contribution in [1.29, 1.82) is 0 Å². The molecule has 1 aromatic heterocycles. The lowest BCUT2D eigenvalue weighted by Crippen LogP contribution is -2.51. The fraction of sp³-hybridized carbons (Fsp3) is 0.792. The highest BCUT2D eigenvalue weighted by molar-refractivity contribution is 5.96. The lowest BCUT2D eigenvalue weighted by Gasteiger charge is -2.57. The van der Waals surface area contributed by atoms with Gasteiger partial charge < -0.3 is 14.5 Å². The van der Waals surface area contributed by atoms with Crippen LogP contribution < -0.4 is 0 Å². The fourth-order valence-corrected chi connectivity index (χ4v) is 7.32. The van der Waals surface area contributed by atoms with E-state index in [4.69, 9.17) is 9.36 Å². The van der Waals surface area contributed by atoms with Gasteiger partial charge in [-0.05, 0) is 93.0 Å². The van der Waals surface area contributed by atoms with Gasteiger partial charge in [0.05, 0.1) is 18.2 Å². The maximum absolute atomic E-state index is 10.6. The molecule has 1 N–H and O–H groups in total. The zero-order valence-corrected chi connectivity index (χ0v) is 18.6. The molecule has 4 aliphatic rings. The molecule has 0 bridgehead atoms. The van der Waals surface area contributed by atoms with E-state index >= 15 is 0 Å². The van der Waals surface area contributed by atoms with Crippen molar-refractivity contribution in [3.8, 4) is 0 Å². The van der Waals surface area contributed by atoms with Crippen molar-refractivity contribution in [3.05, 3.63) is 23.4 Å². The van der Waals surface area contributed by atoms with Gasteiger partial charge in [0.15, 0.2) is 5.82 Å². The van der Waals surface area contributed by atoms with Crippen LogP contribution in [0.3, 0.4) is 0 Å². The number of hydrogen-bond acceptors (Lipinski definition) is 6. The Hall–Kier alpha value is -1.69. The number of rotatable bonds is 4. The van der Waals surface area contributed by atoms with Gasteiger partial charge in [-0.15, -0.1) is 0 Å². The number of hydrogen-bond donors (Lipinski definition) is 1. The number of allylic oxidation sites excluding steroid dienone is 2. The standard InChI is InChI=1S/C24H35N3O3/c1-15-25-22(30-26-15)10-13-29-27-17-8-11-23(2)16(14-17)4-5-18-19-6-7-21(28)24(19,3)12-9-20(18)23/h14,18-21,28H,4-13H2,1-3H3/t18?,19?,20?,21-,23-,24-/m0/s1. The second-order valence-corrected chi connectivity index (χ2v) is 10.5. The molecule has 6 nitrogen and oxygen atoms in total. The highest BCUT2D eigenvalue weighted by atomic mass is 16.6. The van der Waals surface area contributed by atoms with Crippen LogP contribution >= 0.6 is 0 Å². The molecule has 5 rings (SSSR count). The van der Waals surface area contributed by atoms with Crippen molar-refractivity contribution in [2.75, 3.05) is 6.61 Å². The molecule has 3 unspecified atom stereocenters. The van der Waals surface area contributed by atoms with E-state index in [9.17, 15) is 5.11 Å². The van der Waals surface area contributed by atoms with Gasteiger partial charge in [0.1, 0.15) is 6.61 Å². The molecule has 3 saturated carbocycles. The summed E-state index contributed by atoms with van der Waals surface area (Å²) in [7, 11) is 0. The molecule has 0 saturated heterocycles. The first-order valence-electron chi connectivity index (χ1n) is 11.8. The van der Waals surface area contributed by atoms with Gasteiger partial charge in [-0.3, -0.25) is 0 Å². The Morgan fingerprint density at radius 2 is 2.03 bits per heavy atom. The van der Waals surface area contributed by atoms with E-state index in [1.165, 1.54) is 32.1 Å². The zero-order valence-electron chi connectivity index (χ0n) is 18.6. The molecule has 4 aliphatic carbocycles. The van der Waals surface area contributed by atoms with Crippen LogP contribution in [0.2, 0.25) is 0 Å². The van der Waals surface area contributed by atoms with Crippen LogP contribution in [0.4, 0.5) is 0 Å². The summed E-state index contributed by atoms with van der Waals surface area (Å²) in [6, 6.07) is 0. The summed E-state index contributed by atoms with van der Waals surface area (Å²) in [4.78, 5) is 9.77. The van der Waals surface area contributed by atoms with Crippen molar-refractivity contribution in [2.45, 2.75) is 84.7 Å². The largest absolute Gasteiger partial charge is 0.395 e. The van der Waals surface area contributed by atoms with Gasteiger partial charge in [-0.25, -0.2) is 0 Å². The van der Waals surface area contributed by atoms with Gasteiger partial charge in [0, 0.05) is 0 Å². The predicted molar refractivity (Wildman–Crippen MR) is 114 cm³/mol. The number of oxime groups is 1. The number of aliphatic hydroxyl groups is 1. The molecule has 0 radical (unpaired) electrons. The minimum atomic E-state index is -0.0912. The zero-order chi connectivity index (χ0) is 20.9. The molecule has 0 spiro atoms. The molecular weight excluding hydrogens is 378 g/mol. The maximum Gasteiger partial charge on any atom is 0.230 e. The first kappa shape index (κ1) is 20.2. The van der Waals surface area contributed by atoms with E-state index in [2.05, 4.69) is 35.2 Å². The first-order valence-corrected chi connectivity index (χ1v) is 11.8. The molecule has 0 amide bonds. The minimum Gasteiger partial charge on any atom is -0.395 e. The molecule has 164 valence electrons. The average Bonchev–Trinajstić information content (AvgIpc) is 3.28. The Morgan fingerprint density at radius 3 is 2.83 bits per heavy atom. The average molecular weight is 414 g/mol. The molecule has 1 heterocycles. The highest BCUT2D eigenvalue weighted by Crippen LogP contribution is 2.65. The van der Waals surface area contributed by atoms with Gasteiger partial charge in [0.2, 0.25) is 5.89 Å². The van der Waals surface area contributed by atoms with Crippen LogP contribution in [0.5, 0.6) is 0 Å². The third-order valence-corrected chi connectivity index (χ3v) is 9.09. The predicted octanol–water partition coefficient (Wildman–Crippen LogP) is 4.62. The molecule has 1 aromatic rings. The number of aromatic nitrogens is 2. The van der Waals surface area contributed by atoms with E-state index in [1.54, 1.807) is 5.57 Å². The molecule has 6 atom stereocenters.